The molecule has 2 aromatic rings. The Labute approximate surface area is 142 Å². The van der Waals surface area contributed by atoms with Gasteiger partial charge in [-0.2, -0.15) is 13.2 Å². The second-order valence-corrected chi connectivity index (χ2v) is 5.41. The lowest BCUT2D eigenvalue weighted by Crippen LogP contribution is -2.14. The van der Waals surface area contributed by atoms with Crippen LogP contribution in [0.1, 0.15) is 29.3 Å². The average Bonchev–Trinajstić information content (AvgIpc) is 2.54. The molecule has 4 nitrogen and oxygen atoms in total. The summed E-state index contributed by atoms with van der Waals surface area (Å²) >= 11 is 5.87. The van der Waals surface area contributed by atoms with Gasteiger partial charge in [0.25, 0.3) is 5.91 Å². The van der Waals surface area contributed by atoms with Crippen molar-refractivity contribution in [2.24, 2.45) is 0 Å². The number of hydrogen-bond acceptors (Lipinski definition) is 3. The van der Waals surface area contributed by atoms with E-state index >= 15 is 0 Å². The molecule has 1 aromatic carbocycles. The van der Waals surface area contributed by atoms with Crippen molar-refractivity contribution < 1.29 is 18.0 Å². The maximum atomic E-state index is 12.8. The van der Waals surface area contributed by atoms with Gasteiger partial charge in [0.05, 0.1) is 16.3 Å². The summed E-state index contributed by atoms with van der Waals surface area (Å²) in [5.74, 6) is -0.0576. The second kappa shape index (κ2) is 7.53. The lowest BCUT2D eigenvalue weighted by molar-refractivity contribution is -0.137. The molecule has 0 bridgehead atoms. The number of halogens is 4. The van der Waals surface area contributed by atoms with Crippen molar-refractivity contribution >= 4 is 29.0 Å². The maximum absolute atomic E-state index is 12.8. The molecule has 0 atom stereocenters. The molecule has 1 aromatic heterocycles. The molecule has 0 unspecified atom stereocenters. The van der Waals surface area contributed by atoms with Crippen LogP contribution in [-0.4, -0.2) is 17.4 Å². The van der Waals surface area contributed by atoms with Gasteiger partial charge in [0, 0.05) is 18.3 Å². The highest BCUT2D eigenvalue weighted by molar-refractivity contribution is 6.34. The van der Waals surface area contributed by atoms with Crippen LogP contribution < -0.4 is 10.6 Å². The van der Waals surface area contributed by atoms with Crippen molar-refractivity contribution in [3.05, 3.63) is 52.7 Å². The quantitative estimate of drug-likeness (QED) is 0.806. The fraction of sp³-hybridized carbons (Fsp3) is 0.250. The largest absolute Gasteiger partial charge is 0.416 e. The molecule has 128 valence electrons. The first kappa shape index (κ1) is 18.1. The van der Waals surface area contributed by atoms with Gasteiger partial charge in [0.1, 0.15) is 5.82 Å². The summed E-state index contributed by atoms with van der Waals surface area (Å²) in [6, 6.07) is 5.75. The fourth-order valence-corrected chi connectivity index (χ4v) is 2.08. The Morgan fingerprint density at radius 2 is 2.00 bits per heavy atom. The number of pyridine rings is 1. The Morgan fingerprint density at radius 1 is 1.25 bits per heavy atom. The molecule has 24 heavy (non-hydrogen) atoms. The molecule has 0 spiro atoms. The number of alkyl halides is 3. The third kappa shape index (κ3) is 4.61. The van der Waals surface area contributed by atoms with Gasteiger partial charge in [-0.05, 0) is 36.8 Å². The van der Waals surface area contributed by atoms with Crippen LogP contribution in [0.15, 0.2) is 36.5 Å². The number of carbonyl (C=O) groups is 1. The van der Waals surface area contributed by atoms with Gasteiger partial charge in [-0.3, -0.25) is 4.79 Å². The Balaban J connectivity index is 2.20. The Hall–Kier alpha value is -2.28. The number of carbonyl (C=O) groups excluding carboxylic acids is 1. The van der Waals surface area contributed by atoms with E-state index in [1.54, 1.807) is 0 Å². The van der Waals surface area contributed by atoms with Crippen LogP contribution >= 0.6 is 11.6 Å². The first-order valence-electron chi connectivity index (χ1n) is 7.19. The van der Waals surface area contributed by atoms with Crippen LogP contribution in [-0.2, 0) is 6.18 Å². The van der Waals surface area contributed by atoms with Crippen LogP contribution in [0.3, 0.4) is 0 Å². The lowest BCUT2D eigenvalue weighted by Gasteiger charge is -2.12. The van der Waals surface area contributed by atoms with E-state index in [0.29, 0.717) is 12.4 Å². The summed E-state index contributed by atoms with van der Waals surface area (Å²) in [6.45, 7) is 2.68. The molecule has 1 amide bonds. The molecule has 0 aliphatic carbocycles. The molecular weight excluding hydrogens is 343 g/mol. The number of hydrogen-bond donors (Lipinski definition) is 2. The van der Waals surface area contributed by atoms with Crippen molar-refractivity contribution in [1.82, 2.24) is 4.98 Å². The summed E-state index contributed by atoms with van der Waals surface area (Å²) in [6.07, 6.45) is -2.18. The van der Waals surface area contributed by atoms with E-state index < -0.39 is 17.6 Å². The van der Waals surface area contributed by atoms with Crippen LogP contribution in [0, 0.1) is 0 Å². The van der Waals surface area contributed by atoms with Gasteiger partial charge in [-0.15, -0.1) is 0 Å². The minimum Gasteiger partial charge on any atom is -0.370 e. The number of anilines is 2. The highest BCUT2D eigenvalue weighted by Gasteiger charge is 2.31. The van der Waals surface area contributed by atoms with Gasteiger partial charge in [0.2, 0.25) is 0 Å². The normalized spacial score (nSPS) is 11.2. The Morgan fingerprint density at radius 3 is 2.67 bits per heavy atom. The first-order chi connectivity index (χ1) is 11.3. The van der Waals surface area contributed by atoms with Crippen LogP contribution in [0.2, 0.25) is 5.02 Å². The maximum Gasteiger partial charge on any atom is 0.416 e. The van der Waals surface area contributed by atoms with Crippen LogP contribution in [0.5, 0.6) is 0 Å². The summed E-state index contributed by atoms with van der Waals surface area (Å²) in [7, 11) is 0. The molecule has 2 rings (SSSR count). The smallest absolute Gasteiger partial charge is 0.370 e. The van der Waals surface area contributed by atoms with Crippen LogP contribution in [0.25, 0.3) is 0 Å². The monoisotopic (exact) mass is 357 g/mol. The molecule has 0 radical (unpaired) electrons. The second-order valence-electron chi connectivity index (χ2n) is 5.00. The molecule has 0 aliphatic heterocycles. The number of nitrogens with one attached hydrogen (secondary N) is 2. The number of nitrogens with zero attached hydrogens (tertiary/aromatic N) is 1. The molecule has 0 saturated heterocycles. The van der Waals surface area contributed by atoms with Crippen molar-refractivity contribution in [3.63, 3.8) is 0 Å². The summed E-state index contributed by atoms with van der Waals surface area (Å²) in [4.78, 5) is 16.3. The van der Waals surface area contributed by atoms with Crippen molar-refractivity contribution in [3.8, 4) is 0 Å². The summed E-state index contributed by atoms with van der Waals surface area (Å²) in [5, 5.41) is 5.45. The molecule has 8 heteroatoms. The van der Waals surface area contributed by atoms with Crippen molar-refractivity contribution in [2.75, 3.05) is 17.2 Å². The topological polar surface area (TPSA) is 54.0 Å². The number of amides is 1. The zero-order valence-corrected chi connectivity index (χ0v) is 13.5. The Bertz CT molecular complexity index is 735. The Kier molecular flexibility index (Phi) is 5.66. The van der Waals surface area contributed by atoms with Gasteiger partial charge >= 0.3 is 6.18 Å². The molecular formula is C16H15ClF3N3O. The van der Waals surface area contributed by atoms with Gasteiger partial charge in [-0.25, -0.2) is 4.98 Å². The summed E-state index contributed by atoms with van der Waals surface area (Å²) in [5.41, 5.74) is -0.726. The average molecular weight is 358 g/mol. The highest BCUT2D eigenvalue weighted by Crippen LogP contribution is 2.34. The predicted molar refractivity (Wildman–Crippen MR) is 87.4 cm³/mol. The molecule has 1 heterocycles. The number of rotatable bonds is 5. The van der Waals surface area contributed by atoms with E-state index in [2.05, 4.69) is 15.6 Å². The minimum absolute atomic E-state index is 0.0229. The van der Waals surface area contributed by atoms with E-state index in [9.17, 15) is 18.0 Å². The summed E-state index contributed by atoms with van der Waals surface area (Å²) < 4.78 is 38.3. The minimum atomic E-state index is -4.52. The number of benzene rings is 1. The standard InChI is InChI=1S/C16H15ClF3N3O/c1-2-6-21-14-8-10(5-7-22-14)15(24)23-13-9-11(16(18,19)20)3-4-12(13)17/h3-5,7-9H,2,6H2,1H3,(H,21,22)(H,23,24). The van der Waals surface area contributed by atoms with Gasteiger partial charge in [-0.1, -0.05) is 18.5 Å². The molecule has 0 fully saturated rings. The van der Waals surface area contributed by atoms with Crippen molar-refractivity contribution in [1.29, 1.82) is 0 Å². The molecule has 2 N–H and O–H groups in total. The van der Waals surface area contributed by atoms with E-state index in [-0.39, 0.29) is 16.3 Å². The fourth-order valence-electron chi connectivity index (χ4n) is 1.91. The number of aromatic nitrogens is 1. The van der Waals surface area contributed by atoms with E-state index in [4.69, 9.17) is 11.6 Å². The third-order valence-electron chi connectivity index (χ3n) is 3.12. The first-order valence-corrected chi connectivity index (χ1v) is 7.57. The zero-order chi connectivity index (χ0) is 17.7. The van der Waals surface area contributed by atoms with E-state index in [1.807, 2.05) is 6.92 Å². The van der Waals surface area contributed by atoms with E-state index in [0.717, 1.165) is 24.6 Å². The highest BCUT2D eigenvalue weighted by atomic mass is 35.5. The SMILES string of the molecule is CCCNc1cc(C(=O)Nc2cc(C(F)(F)F)ccc2Cl)ccn1. The molecule has 0 saturated carbocycles. The zero-order valence-electron chi connectivity index (χ0n) is 12.7. The van der Waals surface area contributed by atoms with Gasteiger partial charge < -0.3 is 10.6 Å². The van der Waals surface area contributed by atoms with Crippen molar-refractivity contribution in [2.45, 2.75) is 19.5 Å². The van der Waals surface area contributed by atoms with Crippen LogP contribution in [0.4, 0.5) is 24.7 Å². The van der Waals surface area contributed by atoms with E-state index in [1.165, 1.54) is 18.3 Å². The predicted octanol–water partition coefficient (Wildman–Crippen LogP) is 4.83. The van der Waals surface area contributed by atoms with Gasteiger partial charge in [0.15, 0.2) is 0 Å². The molecule has 0 aliphatic rings. The lowest BCUT2D eigenvalue weighted by atomic mass is 10.1. The third-order valence-corrected chi connectivity index (χ3v) is 3.45.